The Bertz CT molecular complexity index is 429. The predicted octanol–water partition coefficient (Wildman–Crippen LogP) is 0.818. The molecule has 2 rings (SSSR count). The molecular formula is C12H18N2O4. The first-order valence-corrected chi connectivity index (χ1v) is 6.06. The molecule has 6 nitrogen and oxygen atoms in total. The van der Waals surface area contributed by atoms with Crippen LogP contribution in [0.2, 0.25) is 0 Å². The maximum absolute atomic E-state index is 11.1. The summed E-state index contributed by atoms with van der Waals surface area (Å²) in [5.41, 5.74) is 0.707. The highest BCUT2D eigenvalue weighted by Crippen LogP contribution is 2.21. The fraction of sp³-hybridized carbons (Fsp3) is 0.667. The summed E-state index contributed by atoms with van der Waals surface area (Å²) in [4.78, 5) is 17.1. The molecule has 0 saturated carbocycles. The van der Waals surface area contributed by atoms with Crippen LogP contribution in [-0.4, -0.2) is 44.8 Å². The molecule has 1 fully saturated rings. The molecule has 1 aromatic heterocycles. The van der Waals surface area contributed by atoms with Crippen LogP contribution >= 0.6 is 0 Å². The van der Waals surface area contributed by atoms with E-state index >= 15 is 0 Å². The number of hydrogen-bond donors (Lipinski definition) is 2. The fourth-order valence-electron chi connectivity index (χ4n) is 2.18. The van der Waals surface area contributed by atoms with Crippen molar-refractivity contribution in [3.63, 3.8) is 0 Å². The minimum Gasteiger partial charge on any atom is -0.480 e. The van der Waals surface area contributed by atoms with Crippen LogP contribution in [0.3, 0.4) is 0 Å². The largest absolute Gasteiger partial charge is 0.480 e. The molecule has 0 spiro atoms. The average Bonchev–Trinajstić information content (AvgIpc) is 2.86. The maximum Gasteiger partial charge on any atom is 0.321 e. The molecule has 2 atom stereocenters. The van der Waals surface area contributed by atoms with Crippen molar-refractivity contribution in [3.05, 3.63) is 17.8 Å². The Morgan fingerprint density at radius 3 is 2.94 bits per heavy atom. The zero-order valence-electron chi connectivity index (χ0n) is 10.5. The van der Waals surface area contributed by atoms with Gasteiger partial charge < -0.3 is 14.6 Å². The summed E-state index contributed by atoms with van der Waals surface area (Å²) in [5, 5.41) is 18.6. The quantitative estimate of drug-likeness (QED) is 0.827. The van der Waals surface area contributed by atoms with Gasteiger partial charge in [0.15, 0.2) is 5.89 Å². The number of aliphatic carboxylic acids is 1. The van der Waals surface area contributed by atoms with Crippen molar-refractivity contribution in [2.75, 3.05) is 6.54 Å². The molecule has 18 heavy (non-hydrogen) atoms. The number of aliphatic hydroxyl groups excluding tert-OH is 1. The van der Waals surface area contributed by atoms with Crippen molar-refractivity contribution >= 4 is 5.97 Å². The Morgan fingerprint density at radius 1 is 1.67 bits per heavy atom. The first-order valence-electron chi connectivity index (χ1n) is 6.06. The van der Waals surface area contributed by atoms with E-state index in [1.54, 1.807) is 11.2 Å². The number of likely N-dealkylation sites (tertiary alicyclic amines) is 1. The van der Waals surface area contributed by atoms with Gasteiger partial charge in [-0.2, -0.15) is 0 Å². The molecule has 0 radical (unpaired) electrons. The van der Waals surface area contributed by atoms with Crippen molar-refractivity contribution in [1.82, 2.24) is 9.88 Å². The molecule has 0 aromatic carbocycles. The topological polar surface area (TPSA) is 86.8 Å². The zero-order chi connectivity index (χ0) is 13.3. The maximum atomic E-state index is 11.1. The van der Waals surface area contributed by atoms with Crippen LogP contribution in [0.4, 0.5) is 0 Å². The van der Waals surface area contributed by atoms with Crippen molar-refractivity contribution < 1.29 is 19.4 Å². The van der Waals surface area contributed by atoms with E-state index in [1.807, 2.05) is 13.8 Å². The number of carbonyl (C=O) groups is 1. The lowest BCUT2D eigenvalue weighted by Gasteiger charge is -2.18. The lowest BCUT2D eigenvalue weighted by molar-refractivity contribution is -0.142. The summed E-state index contributed by atoms with van der Waals surface area (Å²) in [7, 11) is 0. The van der Waals surface area contributed by atoms with E-state index in [-0.39, 0.29) is 12.3 Å². The minimum absolute atomic E-state index is 0.207. The van der Waals surface area contributed by atoms with Gasteiger partial charge in [0.05, 0.1) is 11.8 Å². The first kappa shape index (κ1) is 13.0. The van der Waals surface area contributed by atoms with Crippen LogP contribution in [0, 0.1) is 0 Å². The zero-order valence-corrected chi connectivity index (χ0v) is 10.5. The summed E-state index contributed by atoms with van der Waals surface area (Å²) in [6.45, 7) is 4.72. The van der Waals surface area contributed by atoms with Gasteiger partial charge in [0, 0.05) is 25.4 Å². The van der Waals surface area contributed by atoms with Gasteiger partial charge in [-0.1, -0.05) is 13.8 Å². The standard InChI is InChI=1S/C12H18N2O4/c1-7(2)11-13-8(6-18-11)4-14-5-9(15)3-10(14)12(16)17/h6-7,9-10,15H,3-5H2,1-2H3,(H,16,17)/t9-,10+/m1/s1. The van der Waals surface area contributed by atoms with Gasteiger partial charge in [0.25, 0.3) is 0 Å². The molecular weight excluding hydrogens is 236 g/mol. The van der Waals surface area contributed by atoms with Gasteiger partial charge in [-0.05, 0) is 0 Å². The Kier molecular flexibility index (Phi) is 3.68. The number of β-amino-alcohol motifs (C(OH)–C–C–N with tert-alkyl or cyclic N) is 1. The summed E-state index contributed by atoms with van der Waals surface area (Å²) in [5.74, 6) is -0.0473. The summed E-state index contributed by atoms with van der Waals surface area (Å²) in [6, 6.07) is -0.640. The molecule has 0 bridgehead atoms. The van der Waals surface area contributed by atoms with E-state index in [4.69, 9.17) is 9.52 Å². The van der Waals surface area contributed by atoms with Crippen molar-refractivity contribution in [2.45, 2.75) is 44.9 Å². The molecule has 2 heterocycles. The Labute approximate surface area is 105 Å². The number of carboxylic acids is 1. The summed E-state index contributed by atoms with van der Waals surface area (Å²) >= 11 is 0. The van der Waals surface area contributed by atoms with Gasteiger partial charge in [0.2, 0.25) is 0 Å². The van der Waals surface area contributed by atoms with Crippen LogP contribution in [0.5, 0.6) is 0 Å². The second-order valence-electron chi connectivity index (χ2n) is 5.00. The van der Waals surface area contributed by atoms with Gasteiger partial charge in [-0.15, -0.1) is 0 Å². The molecule has 2 N–H and O–H groups in total. The average molecular weight is 254 g/mol. The fourth-order valence-corrected chi connectivity index (χ4v) is 2.18. The van der Waals surface area contributed by atoms with Crippen molar-refractivity contribution in [1.29, 1.82) is 0 Å². The van der Waals surface area contributed by atoms with Crippen LogP contribution in [0.25, 0.3) is 0 Å². The van der Waals surface area contributed by atoms with Crippen molar-refractivity contribution in [2.24, 2.45) is 0 Å². The number of hydrogen-bond acceptors (Lipinski definition) is 5. The van der Waals surface area contributed by atoms with Crippen LogP contribution in [0.1, 0.15) is 37.8 Å². The molecule has 1 aliphatic heterocycles. The first-order chi connectivity index (χ1) is 8.47. The smallest absolute Gasteiger partial charge is 0.321 e. The number of carboxylic acid groups (broad SMARTS) is 1. The molecule has 1 aliphatic rings. The monoisotopic (exact) mass is 254 g/mol. The third kappa shape index (κ3) is 2.70. The number of aliphatic hydroxyl groups is 1. The second-order valence-corrected chi connectivity index (χ2v) is 5.00. The van der Waals surface area contributed by atoms with Crippen molar-refractivity contribution in [3.8, 4) is 0 Å². The summed E-state index contributed by atoms with van der Waals surface area (Å²) < 4.78 is 5.31. The van der Waals surface area contributed by atoms with E-state index in [0.29, 0.717) is 24.7 Å². The van der Waals surface area contributed by atoms with Gasteiger partial charge in [-0.25, -0.2) is 4.98 Å². The number of aromatic nitrogens is 1. The molecule has 100 valence electrons. The molecule has 0 amide bonds. The third-order valence-corrected chi connectivity index (χ3v) is 3.09. The van der Waals surface area contributed by atoms with Gasteiger partial charge >= 0.3 is 5.97 Å². The van der Waals surface area contributed by atoms with E-state index < -0.39 is 18.1 Å². The Balaban J connectivity index is 2.05. The van der Waals surface area contributed by atoms with E-state index in [9.17, 15) is 9.90 Å². The Morgan fingerprint density at radius 2 is 2.39 bits per heavy atom. The minimum atomic E-state index is -0.904. The lowest BCUT2D eigenvalue weighted by atomic mass is 10.2. The Hall–Kier alpha value is -1.40. The van der Waals surface area contributed by atoms with Gasteiger partial charge in [-0.3, -0.25) is 9.69 Å². The van der Waals surface area contributed by atoms with E-state index in [2.05, 4.69) is 4.98 Å². The second kappa shape index (κ2) is 5.07. The molecule has 1 aromatic rings. The highest BCUT2D eigenvalue weighted by molar-refractivity contribution is 5.74. The number of rotatable bonds is 4. The van der Waals surface area contributed by atoms with E-state index in [0.717, 1.165) is 0 Å². The van der Waals surface area contributed by atoms with Crippen LogP contribution in [-0.2, 0) is 11.3 Å². The molecule has 0 unspecified atom stereocenters. The highest BCUT2D eigenvalue weighted by atomic mass is 16.4. The normalized spacial score (nSPS) is 24.9. The molecule has 1 saturated heterocycles. The van der Waals surface area contributed by atoms with E-state index in [1.165, 1.54) is 0 Å². The van der Waals surface area contributed by atoms with Crippen LogP contribution < -0.4 is 0 Å². The number of oxazole rings is 1. The molecule has 6 heteroatoms. The highest BCUT2D eigenvalue weighted by Gasteiger charge is 2.36. The summed E-state index contributed by atoms with van der Waals surface area (Å²) in [6.07, 6.45) is 1.24. The SMILES string of the molecule is CC(C)c1nc(CN2C[C@H](O)C[C@H]2C(=O)O)co1. The molecule has 0 aliphatic carbocycles. The number of nitrogens with zero attached hydrogens (tertiary/aromatic N) is 2. The third-order valence-electron chi connectivity index (χ3n) is 3.09. The lowest BCUT2D eigenvalue weighted by Crippen LogP contribution is -2.35. The predicted molar refractivity (Wildman–Crippen MR) is 63.0 cm³/mol. The van der Waals surface area contributed by atoms with Gasteiger partial charge in [0.1, 0.15) is 12.3 Å². The van der Waals surface area contributed by atoms with Crippen LogP contribution in [0.15, 0.2) is 10.7 Å².